The summed E-state index contributed by atoms with van der Waals surface area (Å²) in [5.41, 5.74) is 7.51. The van der Waals surface area contributed by atoms with E-state index >= 15 is 0 Å². The highest BCUT2D eigenvalue weighted by Crippen LogP contribution is 2.17. The molecule has 0 spiro atoms. The fourth-order valence-electron chi connectivity index (χ4n) is 2.15. The minimum absolute atomic E-state index is 0.136. The third-order valence-electron chi connectivity index (χ3n) is 3.67. The number of nitrogens with one attached hydrogen (secondary N) is 2. The third kappa shape index (κ3) is 6.27. The van der Waals surface area contributed by atoms with Crippen molar-refractivity contribution in [1.29, 1.82) is 0 Å². The second kappa shape index (κ2) is 9.44. The van der Waals surface area contributed by atoms with Gasteiger partial charge in [0.2, 0.25) is 11.8 Å². The van der Waals surface area contributed by atoms with Crippen molar-refractivity contribution in [3.63, 3.8) is 0 Å². The van der Waals surface area contributed by atoms with E-state index in [-0.39, 0.29) is 18.2 Å². The largest absolute Gasteiger partial charge is 0.489 e. The lowest BCUT2D eigenvalue weighted by Crippen LogP contribution is -2.36. The molecule has 0 heterocycles. The number of hydrogen-bond donors (Lipinski definition) is 3. The molecule has 4 N–H and O–H groups in total. The van der Waals surface area contributed by atoms with Gasteiger partial charge in [0, 0.05) is 19.2 Å². The predicted octanol–water partition coefficient (Wildman–Crippen LogP) is 2.06. The summed E-state index contributed by atoms with van der Waals surface area (Å²) in [6, 6.07) is 16.2. The van der Waals surface area contributed by atoms with Crippen molar-refractivity contribution in [2.75, 3.05) is 12.4 Å². The molecule has 0 aliphatic rings. The second-order valence-corrected chi connectivity index (χ2v) is 5.61. The van der Waals surface area contributed by atoms with Crippen LogP contribution in [0.2, 0.25) is 0 Å². The van der Waals surface area contributed by atoms with Crippen LogP contribution in [0.25, 0.3) is 0 Å². The van der Waals surface area contributed by atoms with Gasteiger partial charge in [0.15, 0.2) is 0 Å². The van der Waals surface area contributed by atoms with E-state index in [0.717, 1.165) is 5.56 Å². The molecule has 0 aliphatic heterocycles. The van der Waals surface area contributed by atoms with Crippen LogP contribution >= 0.6 is 0 Å². The number of ether oxygens (including phenoxy) is 1. The Morgan fingerprint density at radius 1 is 1.08 bits per heavy atom. The minimum Gasteiger partial charge on any atom is -0.489 e. The number of benzene rings is 2. The van der Waals surface area contributed by atoms with Crippen LogP contribution in [0.3, 0.4) is 0 Å². The van der Waals surface area contributed by atoms with Crippen molar-refractivity contribution < 1.29 is 14.3 Å². The third-order valence-corrected chi connectivity index (χ3v) is 3.67. The lowest BCUT2D eigenvalue weighted by atomic mass is 10.1. The maximum Gasteiger partial charge on any atom is 0.241 e. The van der Waals surface area contributed by atoms with Crippen LogP contribution in [0.5, 0.6) is 5.75 Å². The van der Waals surface area contributed by atoms with Gasteiger partial charge in [-0.3, -0.25) is 9.59 Å². The molecule has 0 bridgehead atoms. The molecule has 6 heteroatoms. The molecule has 2 rings (SSSR count). The van der Waals surface area contributed by atoms with Crippen molar-refractivity contribution in [2.24, 2.45) is 5.73 Å². The van der Waals surface area contributed by atoms with Crippen LogP contribution in [-0.2, 0) is 16.2 Å². The standard InChI is InChI=1S/C19H23N3O3/c1-21-18(23)12-11-17(20)19(24)22-15-7-9-16(10-8-15)25-13-14-5-3-2-4-6-14/h2-10,17H,11-13,20H2,1H3,(H,21,23)(H,22,24)/t17-/m0/s1. The predicted molar refractivity (Wildman–Crippen MR) is 97.1 cm³/mol. The normalized spacial score (nSPS) is 11.4. The Hall–Kier alpha value is -2.86. The van der Waals surface area contributed by atoms with E-state index in [2.05, 4.69) is 10.6 Å². The molecule has 0 saturated heterocycles. The average Bonchev–Trinajstić information content (AvgIpc) is 2.66. The quantitative estimate of drug-likeness (QED) is 0.685. The Labute approximate surface area is 147 Å². The smallest absolute Gasteiger partial charge is 0.241 e. The van der Waals surface area contributed by atoms with Crippen LogP contribution in [0.1, 0.15) is 18.4 Å². The summed E-state index contributed by atoms with van der Waals surface area (Å²) in [7, 11) is 1.55. The van der Waals surface area contributed by atoms with Crippen molar-refractivity contribution in [1.82, 2.24) is 5.32 Å². The summed E-state index contributed by atoms with van der Waals surface area (Å²) in [5, 5.41) is 5.23. The van der Waals surface area contributed by atoms with Gasteiger partial charge in [-0.05, 0) is 36.2 Å². The molecule has 25 heavy (non-hydrogen) atoms. The van der Waals surface area contributed by atoms with E-state index in [1.807, 2.05) is 30.3 Å². The van der Waals surface area contributed by atoms with Gasteiger partial charge in [-0.15, -0.1) is 0 Å². The first-order chi connectivity index (χ1) is 12.1. The van der Waals surface area contributed by atoms with E-state index in [1.165, 1.54) is 0 Å². The molecular formula is C19H23N3O3. The molecule has 0 aliphatic carbocycles. The zero-order chi connectivity index (χ0) is 18.1. The van der Waals surface area contributed by atoms with Gasteiger partial charge in [-0.1, -0.05) is 30.3 Å². The molecule has 2 aromatic rings. The fourth-order valence-corrected chi connectivity index (χ4v) is 2.15. The van der Waals surface area contributed by atoms with Crippen molar-refractivity contribution >= 4 is 17.5 Å². The van der Waals surface area contributed by atoms with Crippen LogP contribution in [0.4, 0.5) is 5.69 Å². The zero-order valence-corrected chi connectivity index (χ0v) is 14.2. The highest BCUT2D eigenvalue weighted by Gasteiger charge is 2.14. The van der Waals surface area contributed by atoms with Crippen LogP contribution in [0.15, 0.2) is 54.6 Å². The SMILES string of the molecule is CNC(=O)CC[C@H](N)C(=O)Nc1ccc(OCc2ccccc2)cc1. The minimum atomic E-state index is -0.730. The number of amides is 2. The van der Waals surface area contributed by atoms with E-state index in [9.17, 15) is 9.59 Å². The molecular weight excluding hydrogens is 318 g/mol. The monoisotopic (exact) mass is 341 g/mol. The topological polar surface area (TPSA) is 93.5 Å². The first-order valence-corrected chi connectivity index (χ1v) is 8.12. The first-order valence-electron chi connectivity index (χ1n) is 8.12. The van der Waals surface area contributed by atoms with Gasteiger partial charge in [0.25, 0.3) is 0 Å². The Morgan fingerprint density at radius 2 is 1.76 bits per heavy atom. The number of nitrogens with two attached hydrogens (primary N) is 1. The molecule has 2 amide bonds. The molecule has 0 saturated carbocycles. The fraction of sp³-hybridized carbons (Fsp3) is 0.263. The Bertz CT molecular complexity index is 687. The Morgan fingerprint density at radius 3 is 2.40 bits per heavy atom. The summed E-state index contributed by atoms with van der Waals surface area (Å²) in [4.78, 5) is 23.2. The van der Waals surface area contributed by atoms with Crippen LogP contribution < -0.4 is 21.1 Å². The van der Waals surface area contributed by atoms with Crippen molar-refractivity contribution in [2.45, 2.75) is 25.5 Å². The Balaban J connectivity index is 1.81. The number of carbonyl (C=O) groups excluding carboxylic acids is 2. The van der Waals surface area contributed by atoms with Crippen LogP contribution in [-0.4, -0.2) is 24.9 Å². The summed E-state index contributed by atoms with van der Waals surface area (Å²) < 4.78 is 5.69. The summed E-state index contributed by atoms with van der Waals surface area (Å²) in [6.45, 7) is 0.483. The summed E-state index contributed by atoms with van der Waals surface area (Å²) in [5.74, 6) is 0.260. The van der Waals surface area contributed by atoms with Gasteiger partial charge >= 0.3 is 0 Å². The molecule has 132 valence electrons. The number of anilines is 1. The number of carbonyl (C=O) groups is 2. The Kier molecular flexibility index (Phi) is 6.98. The summed E-state index contributed by atoms with van der Waals surface area (Å²) in [6.07, 6.45) is 0.515. The van der Waals surface area contributed by atoms with Crippen LogP contribution in [0, 0.1) is 0 Å². The van der Waals surface area contributed by atoms with E-state index < -0.39 is 6.04 Å². The maximum absolute atomic E-state index is 12.0. The molecule has 0 unspecified atom stereocenters. The summed E-state index contributed by atoms with van der Waals surface area (Å²) >= 11 is 0. The lowest BCUT2D eigenvalue weighted by molar-refractivity contribution is -0.121. The van der Waals surface area contributed by atoms with Crippen molar-refractivity contribution in [3.05, 3.63) is 60.2 Å². The molecule has 0 fully saturated rings. The molecule has 1 atom stereocenters. The lowest BCUT2D eigenvalue weighted by Gasteiger charge is -2.12. The molecule has 0 radical (unpaired) electrons. The van der Waals surface area contributed by atoms with Gasteiger partial charge in [0.05, 0.1) is 6.04 Å². The highest BCUT2D eigenvalue weighted by molar-refractivity contribution is 5.95. The van der Waals surface area contributed by atoms with Gasteiger partial charge in [0.1, 0.15) is 12.4 Å². The van der Waals surface area contributed by atoms with E-state index in [4.69, 9.17) is 10.5 Å². The van der Waals surface area contributed by atoms with Gasteiger partial charge < -0.3 is 21.1 Å². The highest BCUT2D eigenvalue weighted by atomic mass is 16.5. The molecule has 0 aromatic heterocycles. The van der Waals surface area contributed by atoms with E-state index in [0.29, 0.717) is 24.5 Å². The molecule has 6 nitrogen and oxygen atoms in total. The number of hydrogen-bond acceptors (Lipinski definition) is 4. The zero-order valence-electron chi connectivity index (χ0n) is 14.2. The van der Waals surface area contributed by atoms with E-state index in [1.54, 1.807) is 31.3 Å². The van der Waals surface area contributed by atoms with Crippen molar-refractivity contribution in [3.8, 4) is 5.75 Å². The number of rotatable bonds is 8. The van der Waals surface area contributed by atoms with Gasteiger partial charge in [-0.2, -0.15) is 0 Å². The average molecular weight is 341 g/mol. The first kappa shape index (κ1) is 18.5. The molecule has 2 aromatic carbocycles. The van der Waals surface area contributed by atoms with Gasteiger partial charge in [-0.25, -0.2) is 0 Å². The second-order valence-electron chi connectivity index (χ2n) is 5.61. The maximum atomic E-state index is 12.0.